The number of morpholine rings is 1. The van der Waals surface area contributed by atoms with Crippen molar-refractivity contribution >= 4 is 15.9 Å². The first kappa shape index (κ1) is 21.2. The Hall–Kier alpha value is -3.00. The number of benzene rings is 1. The molecule has 1 aromatic carbocycles. The summed E-state index contributed by atoms with van der Waals surface area (Å²) in [6.07, 6.45) is 2.91. The van der Waals surface area contributed by atoms with Crippen LogP contribution in [0.3, 0.4) is 0 Å². The van der Waals surface area contributed by atoms with Gasteiger partial charge in [0.05, 0.1) is 42.5 Å². The number of nitrogens with zero attached hydrogens (tertiary/aromatic N) is 4. The monoisotopic (exact) mass is 442 g/mol. The third-order valence-corrected chi connectivity index (χ3v) is 7.24. The highest BCUT2D eigenvalue weighted by Crippen LogP contribution is 2.30. The molecule has 2 aliphatic rings. The second kappa shape index (κ2) is 9.01. The van der Waals surface area contributed by atoms with Gasteiger partial charge in [-0.1, -0.05) is 0 Å². The Morgan fingerprint density at radius 3 is 2.58 bits per heavy atom. The molecule has 1 amide bonds. The molecule has 162 valence electrons. The lowest BCUT2D eigenvalue weighted by Crippen LogP contribution is -2.50. The first-order valence-electron chi connectivity index (χ1n) is 9.94. The van der Waals surface area contributed by atoms with E-state index in [-0.39, 0.29) is 23.8 Å². The van der Waals surface area contributed by atoms with Gasteiger partial charge in [0.2, 0.25) is 15.9 Å². The molecule has 9 nitrogen and oxygen atoms in total. The number of rotatable bonds is 5. The number of carbonyl (C=O) groups is 1. The van der Waals surface area contributed by atoms with Crippen LogP contribution in [0.5, 0.6) is 5.75 Å². The predicted octanol–water partition coefficient (Wildman–Crippen LogP) is 1.02. The minimum Gasteiger partial charge on any atom is -0.487 e. The Balaban J connectivity index is 1.62. The largest absolute Gasteiger partial charge is 0.487 e. The molecule has 2 fully saturated rings. The molecule has 0 aliphatic carbocycles. The third-order valence-electron chi connectivity index (χ3n) is 5.35. The van der Waals surface area contributed by atoms with Gasteiger partial charge < -0.3 is 14.4 Å². The second-order valence-electron chi connectivity index (χ2n) is 7.33. The van der Waals surface area contributed by atoms with E-state index in [0.717, 1.165) is 0 Å². The van der Waals surface area contributed by atoms with Crippen molar-refractivity contribution in [3.63, 3.8) is 0 Å². The number of aromatic nitrogens is 1. The summed E-state index contributed by atoms with van der Waals surface area (Å²) in [5.41, 5.74) is 0.360. The minimum absolute atomic E-state index is 0.0355. The molecule has 0 radical (unpaired) electrons. The second-order valence-corrected chi connectivity index (χ2v) is 9.22. The van der Waals surface area contributed by atoms with Gasteiger partial charge in [-0.2, -0.15) is 9.57 Å². The van der Waals surface area contributed by atoms with Crippen LogP contribution < -0.4 is 4.74 Å². The maximum Gasteiger partial charge on any atom is 0.243 e. The summed E-state index contributed by atoms with van der Waals surface area (Å²) < 4.78 is 39.3. The van der Waals surface area contributed by atoms with Crippen LogP contribution in [0.15, 0.2) is 53.7 Å². The van der Waals surface area contributed by atoms with Crippen molar-refractivity contribution in [1.82, 2.24) is 14.2 Å². The molecule has 4 rings (SSSR count). The summed E-state index contributed by atoms with van der Waals surface area (Å²) >= 11 is 0. The van der Waals surface area contributed by atoms with Gasteiger partial charge >= 0.3 is 0 Å². The number of nitriles is 1. The van der Waals surface area contributed by atoms with Crippen LogP contribution in [0.4, 0.5) is 0 Å². The molecule has 1 aromatic heterocycles. The minimum atomic E-state index is -3.97. The van der Waals surface area contributed by atoms with Crippen molar-refractivity contribution in [3.05, 3.63) is 54.4 Å². The lowest BCUT2D eigenvalue weighted by atomic mass is 10.1. The number of carbonyl (C=O) groups excluding carboxylic acids is 1. The Bertz CT molecular complexity index is 1060. The third kappa shape index (κ3) is 4.54. The number of pyridine rings is 1. The van der Waals surface area contributed by atoms with Gasteiger partial charge in [-0.15, -0.1) is 0 Å². The van der Waals surface area contributed by atoms with Crippen LogP contribution >= 0.6 is 0 Å². The van der Waals surface area contributed by atoms with Gasteiger partial charge in [0.25, 0.3) is 0 Å². The van der Waals surface area contributed by atoms with Crippen molar-refractivity contribution in [2.45, 2.75) is 23.5 Å². The summed E-state index contributed by atoms with van der Waals surface area (Å²) in [6, 6.07) is 10.2. The molecule has 0 unspecified atom stereocenters. The first-order valence-corrected chi connectivity index (χ1v) is 11.4. The topological polar surface area (TPSA) is 113 Å². The maximum absolute atomic E-state index is 13.4. The fourth-order valence-electron chi connectivity index (χ4n) is 3.78. The van der Waals surface area contributed by atoms with Crippen LogP contribution in [0, 0.1) is 11.3 Å². The van der Waals surface area contributed by atoms with Gasteiger partial charge in [0.1, 0.15) is 17.9 Å². The van der Waals surface area contributed by atoms with Gasteiger partial charge in [0, 0.05) is 25.7 Å². The van der Waals surface area contributed by atoms with Crippen LogP contribution in [0.25, 0.3) is 0 Å². The predicted molar refractivity (Wildman–Crippen MR) is 110 cm³/mol. The molecule has 2 aliphatic heterocycles. The van der Waals surface area contributed by atoms with E-state index in [1.807, 2.05) is 6.07 Å². The molecule has 31 heavy (non-hydrogen) atoms. The number of amides is 1. The van der Waals surface area contributed by atoms with Crippen molar-refractivity contribution in [2.75, 3.05) is 32.8 Å². The van der Waals surface area contributed by atoms with E-state index in [9.17, 15) is 13.2 Å². The van der Waals surface area contributed by atoms with Crippen LogP contribution in [0.1, 0.15) is 12.0 Å². The molecule has 0 saturated carbocycles. The summed E-state index contributed by atoms with van der Waals surface area (Å²) in [5.74, 6) is 0.264. The Morgan fingerprint density at radius 1 is 1.19 bits per heavy atom. The summed E-state index contributed by atoms with van der Waals surface area (Å²) in [5, 5.41) is 8.98. The van der Waals surface area contributed by atoms with E-state index in [4.69, 9.17) is 14.7 Å². The molecule has 0 N–H and O–H groups in total. The Labute approximate surface area is 180 Å². The molecule has 0 bridgehead atoms. The summed E-state index contributed by atoms with van der Waals surface area (Å²) in [7, 11) is -3.97. The van der Waals surface area contributed by atoms with Gasteiger partial charge in [0.15, 0.2) is 0 Å². The van der Waals surface area contributed by atoms with Crippen molar-refractivity contribution in [2.24, 2.45) is 0 Å². The molecule has 10 heteroatoms. The number of hydrogen-bond donors (Lipinski definition) is 0. The lowest BCUT2D eigenvalue weighted by molar-refractivity contribution is -0.138. The molecule has 2 saturated heterocycles. The number of ether oxygens (including phenoxy) is 2. The molecule has 2 aromatic rings. The molecular formula is C21H22N4O5S. The maximum atomic E-state index is 13.4. The van der Waals surface area contributed by atoms with E-state index >= 15 is 0 Å². The SMILES string of the molecule is N#Cc1ccc(S(=O)(=O)N2C[C@@H](Oc3cccnc3)C[C@H]2C(=O)N2CCOCC2)cc1. The van der Waals surface area contributed by atoms with Crippen molar-refractivity contribution in [3.8, 4) is 11.8 Å². The van der Waals surface area contributed by atoms with Crippen LogP contribution in [0.2, 0.25) is 0 Å². The Morgan fingerprint density at radius 2 is 1.94 bits per heavy atom. The molecule has 2 atom stereocenters. The molecule has 0 spiro atoms. The standard InChI is InChI=1S/C21H22N4O5S/c22-13-16-3-5-19(6-4-16)31(27,28)25-15-18(30-17-2-1-7-23-14-17)12-20(25)21(26)24-8-10-29-11-9-24/h1-7,14,18,20H,8-12,15H2/t18-,20-/m0/s1. The normalized spacial score (nSPS) is 22.1. The fourth-order valence-corrected chi connectivity index (χ4v) is 5.41. The van der Waals surface area contributed by atoms with Crippen molar-refractivity contribution < 1.29 is 22.7 Å². The van der Waals surface area contributed by atoms with E-state index in [1.54, 1.807) is 29.4 Å². The zero-order valence-corrected chi connectivity index (χ0v) is 17.6. The number of sulfonamides is 1. The highest BCUT2D eigenvalue weighted by atomic mass is 32.2. The fraction of sp³-hybridized carbons (Fsp3) is 0.381. The smallest absolute Gasteiger partial charge is 0.243 e. The van der Waals surface area contributed by atoms with E-state index in [1.165, 1.54) is 28.6 Å². The average molecular weight is 442 g/mol. The highest BCUT2D eigenvalue weighted by Gasteiger charge is 2.46. The zero-order chi connectivity index (χ0) is 21.8. The lowest BCUT2D eigenvalue weighted by Gasteiger charge is -2.31. The van der Waals surface area contributed by atoms with Gasteiger partial charge in [-0.25, -0.2) is 8.42 Å². The average Bonchev–Trinajstić information content (AvgIpc) is 3.24. The molecule has 3 heterocycles. The van der Waals surface area contributed by atoms with E-state index < -0.39 is 22.2 Å². The first-order chi connectivity index (χ1) is 15.0. The quantitative estimate of drug-likeness (QED) is 0.679. The van der Waals surface area contributed by atoms with E-state index in [0.29, 0.717) is 37.6 Å². The van der Waals surface area contributed by atoms with E-state index in [2.05, 4.69) is 4.98 Å². The van der Waals surface area contributed by atoms with Crippen molar-refractivity contribution in [1.29, 1.82) is 5.26 Å². The number of hydrogen-bond acceptors (Lipinski definition) is 7. The highest BCUT2D eigenvalue weighted by molar-refractivity contribution is 7.89. The van der Waals surface area contributed by atoms with Gasteiger partial charge in [-0.3, -0.25) is 9.78 Å². The van der Waals surface area contributed by atoms with Gasteiger partial charge in [-0.05, 0) is 36.4 Å². The summed E-state index contributed by atoms with van der Waals surface area (Å²) in [6.45, 7) is 1.74. The van der Waals surface area contributed by atoms with Crippen LogP contribution in [-0.4, -0.2) is 73.5 Å². The molecular weight excluding hydrogens is 420 g/mol. The Kier molecular flexibility index (Phi) is 6.18. The summed E-state index contributed by atoms with van der Waals surface area (Å²) in [4.78, 5) is 18.9. The zero-order valence-electron chi connectivity index (χ0n) is 16.8. The van der Waals surface area contributed by atoms with Crippen LogP contribution in [-0.2, 0) is 19.6 Å².